The summed E-state index contributed by atoms with van der Waals surface area (Å²) in [5.74, 6) is -0.0477. The molecule has 0 bridgehead atoms. The summed E-state index contributed by atoms with van der Waals surface area (Å²) in [4.78, 5) is 18.1. The van der Waals surface area contributed by atoms with E-state index in [1.165, 1.54) is 28.8 Å². The molecule has 0 unspecified atom stereocenters. The molecule has 2 aromatic carbocycles. The molecule has 0 spiro atoms. The lowest BCUT2D eigenvalue weighted by atomic mass is 10.2. The second-order valence-corrected chi connectivity index (χ2v) is 11.0. The Kier molecular flexibility index (Phi) is 7.11. The van der Waals surface area contributed by atoms with Crippen LogP contribution in [0.2, 0.25) is 0 Å². The van der Waals surface area contributed by atoms with E-state index in [2.05, 4.69) is 10.3 Å². The van der Waals surface area contributed by atoms with Gasteiger partial charge < -0.3 is 10.1 Å². The molecule has 1 saturated heterocycles. The molecule has 1 aliphatic heterocycles. The predicted octanol–water partition coefficient (Wildman–Crippen LogP) is 4.48. The summed E-state index contributed by atoms with van der Waals surface area (Å²) in [6, 6.07) is 14.7. The molecule has 1 amide bonds. The van der Waals surface area contributed by atoms with Gasteiger partial charge in [0.05, 0.1) is 17.8 Å². The van der Waals surface area contributed by atoms with Crippen molar-refractivity contribution in [3.63, 3.8) is 0 Å². The van der Waals surface area contributed by atoms with E-state index < -0.39 is 10.0 Å². The average molecular weight is 486 g/mol. The fourth-order valence-electron chi connectivity index (χ4n) is 3.90. The number of carbonyl (C=O) groups is 1. The van der Waals surface area contributed by atoms with Gasteiger partial charge in [0.1, 0.15) is 15.5 Å². The summed E-state index contributed by atoms with van der Waals surface area (Å²) in [5.41, 5.74) is 2.17. The number of nitrogens with one attached hydrogen (secondary N) is 1. The van der Waals surface area contributed by atoms with Crippen LogP contribution < -0.4 is 10.1 Å². The number of anilines is 1. The van der Waals surface area contributed by atoms with Crippen LogP contribution in [0.5, 0.6) is 5.75 Å². The minimum absolute atomic E-state index is 0.0653. The van der Waals surface area contributed by atoms with Gasteiger partial charge in [0.15, 0.2) is 0 Å². The van der Waals surface area contributed by atoms with Crippen molar-refractivity contribution in [2.45, 2.75) is 37.5 Å². The summed E-state index contributed by atoms with van der Waals surface area (Å²) < 4.78 is 33.3. The molecule has 0 aliphatic carbocycles. The Morgan fingerprint density at radius 1 is 1.12 bits per heavy atom. The smallest absolute Gasteiger partial charge is 0.267 e. The fourth-order valence-corrected chi connectivity index (χ4v) is 6.59. The zero-order chi connectivity index (χ0) is 23.4. The van der Waals surface area contributed by atoms with Crippen LogP contribution in [-0.2, 0) is 16.4 Å². The number of rotatable bonds is 7. The lowest BCUT2D eigenvalue weighted by molar-refractivity contribution is 0.102. The Hall–Kier alpha value is -2.75. The molecule has 3 aromatic rings. The highest BCUT2D eigenvalue weighted by Crippen LogP contribution is 2.31. The lowest BCUT2D eigenvalue weighted by Crippen LogP contribution is -2.35. The zero-order valence-electron chi connectivity index (χ0n) is 18.7. The molecule has 1 fully saturated rings. The minimum atomic E-state index is -3.72. The number of hydrogen-bond acceptors (Lipinski definition) is 6. The Morgan fingerprint density at radius 3 is 2.55 bits per heavy atom. The Morgan fingerprint density at radius 2 is 1.85 bits per heavy atom. The van der Waals surface area contributed by atoms with Crippen molar-refractivity contribution < 1.29 is 17.9 Å². The zero-order valence-corrected chi connectivity index (χ0v) is 20.3. The number of methoxy groups -OCH3 is 1. The van der Waals surface area contributed by atoms with E-state index in [-0.39, 0.29) is 16.6 Å². The maximum atomic E-state index is 13.2. The number of ether oxygens (including phenoxy) is 1. The number of aryl methyl sites for hydroxylation is 1. The van der Waals surface area contributed by atoms with Crippen LogP contribution in [0.1, 0.15) is 45.2 Å². The van der Waals surface area contributed by atoms with Crippen molar-refractivity contribution >= 4 is 33.0 Å². The average Bonchev–Trinajstić information content (AvgIpc) is 3.20. The highest BCUT2D eigenvalue weighted by atomic mass is 32.2. The topological polar surface area (TPSA) is 88.6 Å². The molecule has 2 heterocycles. The lowest BCUT2D eigenvalue weighted by Gasteiger charge is -2.26. The van der Waals surface area contributed by atoms with Crippen LogP contribution in [0.3, 0.4) is 0 Å². The number of amides is 1. The third-order valence-electron chi connectivity index (χ3n) is 5.60. The van der Waals surface area contributed by atoms with Gasteiger partial charge in [-0.15, -0.1) is 11.3 Å². The van der Waals surface area contributed by atoms with Crippen LogP contribution in [-0.4, -0.2) is 43.8 Å². The predicted molar refractivity (Wildman–Crippen MR) is 130 cm³/mol. The standard InChI is InChI=1S/C24H27N3O4S2/c1-17-23(32-22(25-17)15-18-9-5-3-6-10-18)24(28)26-19-11-12-20(31-2)21(16-19)33(29,30)27-13-7-4-8-14-27/h3,5-6,9-12,16H,4,7-8,13-15H2,1-2H3,(H,26,28). The number of carbonyl (C=O) groups excluding carboxylic acids is 1. The number of aromatic nitrogens is 1. The largest absolute Gasteiger partial charge is 0.495 e. The van der Waals surface area contributed by atoms with E-state index >= 15 is 0 Å². The van der Waals surface area contributed by atoms with Gasteiger partial charge in [-0.1, -0.05) is 36.8 Å². The Labute approximate surface area is 198 Å². The summed E-state index contributed by atoms with van der Waals surface area (Å²) in [7, 11) is -2.28. The van der Waals surface area contributed by atoms with Crippen LogP contribution in [0.4, 0.5) is 5.69 Å². The molecule has 0 radical (unpaired) electrons. The number of piperidine rings is 1. The van der Waals surface area contributed by atoms with E-state index in [4.69, 9.17) is 4.74 Å². The van der Waals surface area contributed by atoms with Crippen LogP contribution in [0.25, 0.3) is 0 Å². The number of benzene rings is 2. The molecular formula is C24H27N3O4S2. The van der Waals surface area contributed by atoms with Gasteiger partial charge in [-0.3, -0.25) is 4.79 Å². The molecule has 0 saturated carbocycles. The van der Waals surface area contributed by atoms with Crippen molar-refractivity contribution in [1.29, 1.82) is 0 Å². The van der Waals surface area contributed by atoms with Gasteiger partial charge in [-0.25, -0.2) is 13.4 Å². The highest BCUT2D eigenvalue weighted by molar-refractivity contribution is 7.89. The normalized spacial score (nSPS) is 14.7. The second-order valence-electron chi connectivity index (χ2n) is 7.97. The SMILES string of the molecule is COc1ccc(NC(=O)c2sc(Cc3ccccc3)nc2C)cc1S(=O)(=O)N1CCCCC1. The first-order chi connectivity index (χ1) is 15.9. The quantitative estimate of drug-likeness (QED) is 0.533. The molecule has 174 valence electrons. The van der Waals surface area contributed by atoms with Gasteiger partial charge in [-0.05, 0) is 43.5 Å². The van der Waals surface area contributed by atoms with Crippen molar-refractivity contribution in [3.8, 4) is 5.75 Å². The number of sulfonamides is 1. The maximum absolute atomic E-state index is 13.2. The van der Waals surface area contributed by atoms with Crippen LogP contribution in [0, 0.1) is 6.92 Å². The first-order valence-corrected chi connectivity index (χ1v) is 13.1. The third-order valence-corrected chi connectivity index (χ3v) is 8.68. The summed E-state index contributed by atoms with van der Waals surface area (Å²) in [6.07, 6.45) is 3.36. The fraction of sp³-hybridized carbons (Fsp3) is 0.333. The van der Waals surface area contributed by atoms with Gasteiger partial charge >= 0.3 is 0 Å². The van der Waals surface area contributed by atoms with Crippen LogP contribution >= 0.6 is 11.3 Å². The van der Waals surface area contributed by atoms with E-state index in [1.807, 2.05) is 30.3 Å². The number of hydrogen-bond donors (Lipinski definition) is 1. The Bertz CT molecular complexity index is 1230. The first kappa shape index (κ1) is 23.4. The van der Waals surface area contributed by atoms with Gasteiger partial charge in [0.2, 0.25) is 10.0 Å². The molecule has 9 heteroatoms. The summed E-state index contributed by atoms with van der Waals surface area (Å²) in [6.45, 7) is 2.79. The van der Waals surface area contributed by atoms with Crippen molar-refractivity contribution in [3.05, 3.63) is 69.7 Å². The van der Waals surface area contributed by atoms with Gasteiger partial charge in [-0.2, -0.15) is 4.31 Å². The van der Waals surface area contributed by atoms with E-state index in [0.717, 1.165) is 29.8 Å². The molecule has 33 heavy (non-hydrogen) atoms. The molecule has 1 aromatic heterocycles. The monoisotopic (exact) mass is 485 g/mol. The molecule has 4 rings (SSSR count). The molecule has 1 N–H and O–H groups in total. The van der Waals surface area contributed by atoms with Crippen molar-refractivity contribution in [2.75, 3.05) is 25.5 Å². The first-order valence-electron chi connectivity index (χ1n) is 10.9. The molecule has 0 atom stereocenters. The Balaban J connectivity index is 1.56. The van der Waals surface area contributed by atoms with Gasteiger partial charge in [0, 0.05) is 25.2 Å². The maximum Gasteiger partial charge on any atom is 0.267 e. The summed E-state index contributed by atoms with van der Waals surface area (Å²) in [5, 5.41) is 3.69. The van der Waals surface area contributed by atoms with Crippen LogP contribution in [0.15, 0.2) is 53.4 Å². The minimum Gasteiger partial charge on any atom is -0.495 e. The van der Waals surface area contributed by atoms with E-state index in [1.54, 1.807) is 19.1 Å². The third kappa shape index (κ3) is 5.26. The molecular weight excluding hydrogens is 458 g/mol. The number of nitrogens with zero attached hydrogens (tertiary/aromatic N) is 2. The highest BCUT2D eigenvalue weighted by Gasteiger charge is 2.29. The molecule has 1 aliphatic rings. The second kappa shape index (κ2) is 10.0. The molecule has 7 nitrogen and oxygen atoms in total. The summed E-state index contributed by atoms with van der Waals surface area (Å²) >= 11 is 1.35. The van der Waals surface area contributed by atoms with E-state index in [0.29, 0.717) is 35.8 Å². The van der Waals surface area contributed by atoms with E-state index in [9.17, 15) is 13.2 Å². The number of thiazole rings is 1. The van der Waals surface area contributed by atoms with Crippen molar-refractivity contribution in [1.82, 2.24) is 9.29 Å². The van der Waals surface area contributed by atoms with Gasteiger partial charge in [0.25, 0.3) is 5.91 Å². The van der Waals surface area contributed by atoms with Crippen molar-refractivity contribution in [2.24, 2.45) is 0 Å².